The molecule has 1 aromatic rings. The summed E-state index contributed by atoms with van der Waals surface area (Å²) in [7, 11) is -3.31. The van der Waals surface area contributed by atoms with E-state index in [-0.39, 0.29) is 11.4 Å². The molecule has 1 saturated carbocycles. The van der Waals surface area contributed by atoms with Crippen molar-refractivity contribution >= 4 is 21.6 Å². The topological polar surface area (TPSA) is 78.5 Å². The van der Waals surface area contributed by atoms with Crippen LogP contribution in [0.15, 0.2) is 24.3 Å². The first-order valence-corrected chi connectivity index (χ1v) is 11.9. The van der Waals surface area contributed by atoms with E-state index in [1.54, 1.807) is 24.3 Å². The van der Waals surface area contributed by atoms with Gasteiger partial charge in [0, 0.05) is 23.3 Å². The highest BCUT2D eigenvalue weighted by Crippen LogP contribution is 2.35. The first-order chi connectivity index (χ1) is 12.9. The van der Waals surface area contributed by atoms with E-state index in [0.717, 1.165) is 32.2 Å². The number of carbonyl (C=O) groups excluding carboxylic acids is 1. The fraction of sp³-hybridized carbons (Fsp3) is 0.650. The first kappa shape index (κ1) is 20.1. The number of anilines is 1. The molecule has 1 aromatic carbocycles. The molecule has 1 aliphatic heterocycles. The molecule has 7 heteroatoms. The standard InChI is InChI=1S/C20H31N3O3S/c1-27(25,26)22-18-10-8-17(9-11-18)19(24)21-16-20(12-4-2-5-13-20)23-14-6-3-7-15-23/h8-11,22H,2-7,12-16H2,1H3,(H,21,24). The van der Waals surface area contributed by atoms with E-state index < -0.39 is 10.0 Å². The lowest BCUT2D eigenvalue weighted by Gasteiger charge is -2.48. The molecule has 2 N–H and O–H groups in total. The summed E-state index contributed by atoms with van der Waals surface area (Å²) in [5, 5.41) is 3.16. The zero-order valence-electron chi connectivity index (χ0n) is 16.2. The van der Waals surface area contributed by atoms with Gasteiger partial charge in [-0.2, -0.15) is 0 Å². The maximum Gasteiger partial charge on any atom is 0.251 e. The van der Waals surface area contributed by atoms with Crippen LogP contribution in [0.2, 0.25) is 0 Å². The molecule has 0 atom stereocenters. The monoisotopic (exact) mass is 393 g/mol. The summed E-state index contributed by atoms with van der Waals surface area (Å²) < 4.78 is 25.0. The van der Waals surface area contributed by atoms with Gasteiger partial charge >= 0.3 is 0 Å². The van der Waals surface area contributed by atoms with Crippen molar-refractivity contribution in [2.45, 2.75) is 56.9 Å². The van der Waals surface area contributed by atoms with Crippen LogP contribution in [0.4, 0.5) is 5.69 Å². The minimum atomic E-state index is -3.31. The number of hydrogen-bond acceptors (Lipinski definition) is 4. The highest BCUT2D eigenvalue weighted by Gasteiger charge is 2.38. The highest BCUT2D eigenvalue weighted by atomic mass is 32.2. The molecule has 1 heterocycles. The molecule has 0 spiro atoms. The van der Waals surface area contributed by atoms with E-state index >= 15 is 0 Å². The van der Waals surface area contributed by atoms with Crippen molar-refractivity contribution in [2.75, 3.05) is 30.6 Å². The second-order valence-corrected chi connectivity index (χ2v) is 9.72. The second-order valence-electron chi connectivity index (χ2n) is 7.97. The van der Waals surface area contributed by atoms with Crippen molar-refractivity contribution in [1.82, 2.24) is 10.2 Å². The van der Waals surface area contributed by atoms with Gasteiger partial charge in [-0.3, -0.25) is 14.4 Å². The van der Waals surface area contributed by atoms with Gasteiger partial charge in [-0.05, 0) is 63.0 Å². The summed E-state index contributed by atoms with van der Waals surface area (Å²) in [6.07, 6.45) is 11.0. The summed E-state index contributed by atoms with van der Waals surface area (Å²) in [5.74, 6) is -0.0946. The Hall–Kier alpha value is -1.60. The summed E-state index contributed by atoms with van der Waals surface area (Å²) >= 11 is 0. The van der Waals surface area contributed by atoms with E-state index in [4.69, 9.17) is 0 Å². The fourth-order valence-electron chi connectivity index (χ4n) is 4.43. The molecule has 27 heavy (non-hydrogen) atoms. The summed E-state index contributed by atoms with van der Waals surface area (Å²) in [4.78, 5) is 15.3. The minimum absolute atomic E-state index is 0.0946. The van der Waals surface area contributed by atoms with Crippen molar-refractivity contribution in [2.24, 2.45) is 0 Å². The number of nitrogens with zero attached hydrogens (tertiary/aromatic N) is 1. The molecule has 1 saturated heterocycles. The largest absolute Gasteiger partial charge is 0.350 e. The minimum Gasteiger partial charge on any atom is -0.350 e. The zero-order valence-corrected chi connectivity index (χ0v) is 17.0. The lowest BCUT2D eigenvalue weighted by Crippen LogP contribution is -2.58. The molecule has 1 aliphatic carbocycles. The van der Waals surface area contributed by atoms with Crippen molar-refractivity contribution in [3.63, 3.8) is 0 Å². The van der Waals surface area contributed by atoms with E-state index in [1.165, 1.54) is 38.5 Å². The van der Waals surface area contributed by atoms with Gasteiger partial charge in [0.1, 0.15) is 0 Å². The molecule has 1 amide bonds. The Morgan fingerprint density at radius 3 is 2.19 bits per heavy atom. The average molecular weight is 394 g/mol. The van der Waals surface area contributed by atoms with E-state index in [2.05, 4.69) is 14.9 Å². The van der Waals surface area contributed by atoms with Crippen LogP contribution in [0.5, 0.6) is 0 Å². The predicted molar refractivity (Wildman–Crippen MR) is 108 cm³/mol. The van der Waals surface area contributed by atoms with Crippen molar-refractivity contribution in [3.05, 3.63) is 29.8 Å². The van der Waals surface area contributed by atoms with Crippen LogP contribution in [0.1, 0.15) is 61.7 Å². The van der Waals surface area contributed by atoms with Crippen LogP contribution < -0.4 is 10.0 Å². The van der Waals surface area contributed by atoms with E-state index in [1.807, 2.05) is 0 Å². The third-order valence-electron chi connectivity index (χ3n) is 5.84. The Balaban J connectivity index is 1.63. The first-order valence-electron chi connectivity index (χ1n) is 9.99. The van der Waals surface area contributed by atoms with Crippen LogP contribution in [-0.2, 0) is 10.0 Å². The molecule has 0 unspecified atom stereocenters. The van der Waals surface area contributed by atoms with Crippen LogP contribution >= 0.6 is 0 Å². The number of amides is 1. The van der Waals surface area contributed by atoms with Gasteiger partial charge in [0.2, 0.25) is 10.0 Å². The number of hydrogen-bond donors (Lipinski definition) is 2. The molecule has 0 bridgehead atoms. The smallest absolute Gasteiger partial charge is 0.251 e. The summed E-state index contributed by atoms with van der Waals surface area (Å²) in [6, 6.07) is 6.57. The molecule has 2 fully saturated rings. The SMILES string of the molecule is CS(=O)(=O)Nc1ccc(C(=O)NCC2(N3CCCCC3)CCCCC2)cc1. The fourth-order valence-corrected chi connectivity index (χ4v) is 5.00. The molecule has 2 aliphatic rings. The quantitative estimate of drug-likeness (QED) is 0.779. The summed E-state index contributed by atoms with van der Waals surface area (Å²) in [5.41, 5.74) is 1.12. The number of piperidine rings is 1. The lowest BCUT2D eigenvalue weighted by atomic mass is 9.79. The number of carbonyl (C=O) groups is 1. The van der Waals surface area contributed by atoms with Crippen molar-refractivity contribution in [1.29, 1.82) is 0 Å². The highest BCUT2D eigenvalue weighted by molar-refractivity contribution is 7.92. The molecular weight excluding hydrogens is 362 g/mol. The van der Waals surface area contributed by atoms with Crippen molar-refractivity contribution < 1.29 is 13.2 Å². The van der Waals surface area contributed by atoms with Gasteiger partial charge in [-0.1, -0.05) is 25.7 Å². The number of nitrogens with one attached hydrogen (secondary N) is 2. The second kappa shape index (κ2) is 8.61. The van der Waals surface area contributed by atoms with Gasteiger partial charge in [0.05, 0.1) is 6.26 Å². The number of benzene rings is 1. The number of sulfonamides is 1. The Morgan fingerprint density at radius 1 is 1.00 bits per heavy atom. The van der Waals surface area contributed by atoms with E-state index in [0.29, 0.717) is 17.8 Å². The molecule has 0 radical (unpaired) electrons. The lowest BCUT2D eigenvalue weighted by molar-refractivity contribution is 0.0326. The van der Waals surface area contributed by atoms with Crippen LogP contribution in [0.3, 0.4) is 0 Å². The maximum atomic E-state index is 12.6. The van der Waals surface area contributed by atoms with Gasteiger partial charge in [0.25, 0.3) is 5.91 Å². The third-order valence-corrected chi connectivity index (χ3v) is 6.45. The van der Waals surface area contributed by atoms with E-state index in [9.17, 15) is 13.2 Å². The van der Waals surface area contributed by atoms with Crippen LogP contribution in [0.25, 0.3) is 0 Å². The van der Waals surface area contributed by atoms with Crippen LogP contribution in [0, 0.1) is 0 Å². The van der Waals surface area contributed by atoms with Crippen LogP contribution in [-0.4, -0.2) is 50.7 Å². The Kier molecular flexibility index (Phi) is 6.42. The molecule has 3 rings (SSSR count). The van der Waals surface area contributed by atoms with Gasteiger partial charge in [-0.15, -0.1) is 0 Å². The van der Waals surface area contributed by atoms with Gasteiger partial charge in [-0.25, -0.2) is 8.42 Å². The third kappa shape index (κ3) is 5.45. The summed E-state index contributed by atoms with van der Waals surface area (Å²) in [6.45, 7) is 2.97. The molecular formula is C20H31N3O3S. The predicted octanol–water partition coefficient (Wildman–Crippen LogP) is 2.98. The average Bonchev–Trinajstić information content (AvgIpc) is 2.67. The number of rotatable bonds is 6. The Morgan fingerprint density at radius 2 is 1.59 bits per heavy atom. The Bertz CT molecular complexity index is 734. The molecule has 6 nitrogen and oxygen atoms in total. The molecule has 0 aromatic heterocycles. The number of likely N-dealkylation sites (tertiary alicyclic amines) is 1. The normalized spacial score (nSPS) is 20.8. The van der Waals surface area contributed by atoms with Crippen molar-refractivity contribution in [3.8, 4) is 0 Å². The zero-order chi connectivity index (χ0) is 19.3. The molecule has 150 valence electrons. The Labute approximate surface area is 162 Å². The van der Waals surface area contributed by atoms with Gasteiger partial charge < -0.3 is 5.32 Å². The maximum absolute atomic E-state index is 12.6. The van der Waals surface area contributed by atoms with Gasteiger partial charge in [0.15, 0.2) is 0 Å².